The van der Waals surface area contributed by atoms with Crippen LogP contribution in [0.4, 0.5) is 0 Å². The largest absolute Gasteiger partial charge is 0.506 e. The van der Waals surface area contributed by atoms with Crippen molar-refractivity contribution in [2.45, 2.75) is 11.4 Å². The summed E-state index contributed by atoms with van der Waals surface area (Å²) in [5.41, 5.74) is 1.81. The zero-order valence-corrected chi connectivity index (χ0v) is 14.8. The van der Waals surface area contributed by atoms with Crippen LogP contribution in [0.1, 0.15) is 5.56 Å². The zero-order valence-electron chi connectivity index (χ0n) is 14.0. The van der Waals surface area contributed by atoms with Crippen LogP contribution in [0.3, 0.4) is 0 Å². The normalized spacial score (nSPS) is 11.3. The number of nitrogens with one attached hydrogen (secondary N) is 1. The molecule has 2 aromatic heterocycles. The first kappa shape index (κ1) is 17.8. The molecule has 7 nitrogen and oxygen atoms in total. The number of nitrogens with zero attached hydrogens (tertiary/aromatic N) is 2. The molecule has 0 saturated heterocycles. The van der Waals surface area contributed by atoms with Gasteiger partial charge in [-0.3, -0.25) is 9.97 Å². The number of hydrogen-bond donors (Lipinski definition) is 2. The van der Waals surface area contributed by atoms with Gasteiger partial charge in [-0.15, -0.1) is 0 Å². The summed E-state index contributed by atoms with van der Waals surface area (Å²) in [4.78, 5) is 7.97. The van der Waals surface area contributed by atoms with E-state index < -0.39 is 10.0 Å². The minimum absolute atomic E-state index is 0.0208. The molecule has 0 radical (unpaired) electrons. The van der Waals surface area contributed by atoms with Crippen molar-refractivity contribution >= 4 is 10.0 Å². The maximum absolute atomic E-state index is 12.6. The molecule has 2 N–H and O–H groups in total. The molecule has 3 aromatic rings. The summed E-state index contributed by atoms with van der Waals surface area (Å²) in [6.45, 7) is 0.130. The van der Waals surface area contributed by atoms with Gasteiger partial charge in [0.25, 0.3) is 0 Å². The van der Waals surface area contributed by atoms with Gasteiger partial charge in [-0.05, 0) is 35.9 Å². The van der Waals surface area contributed by atoms with Gasteiger partial charge in [-0.25, -0.2) is 13.1 Å². The van der Waals surface area contributed by atoms with Gasteiger partial charge >= 0.3 is 0 Å². The van der Waals surface area contributed by atoms with Crippen LogP contribution in [0.2, 0.25) is 0 Å². The number of aromatic nitrogens is 2. The van der Waals surface area contributed by atoms with Gasteiger partial charge in [-0.1, -0.05) is 6.07 Å². The third kappa shape index (κ3) is 3.98. The van der Waals surface area contributed by atoms with Gasteiger partial charge in [0.1, 0.15) is 11.5 Å². The van der Waals surface area contributed by atoms with E-state index in [9.17, 15) is 13.5 Å². The number of rotatable bonds is 6. The van der Waals surface area contributed by atoms with E-state index in [1.54, 1.807) is 30.6 Å². The van der Waals surface area contributed by atoms with Crippen LogP contribution in [-0.4, -0.2) is 30.6 Å². The van der Waals surface area contributed by atoms with E-state index >= 15 is 0 Å². The summed E-state index contributed by atoms with van der Waals surface area (Å²) in [7, 11) is -2.25. The Kier molecular flexibility index (Phi) is 5.15. The average molecular weight is 371 g/mol. The first-order valence-electron chi connectivity index (χ1n) is 7.70. The SMILES string of the molecule is COc1ccc(S(=O)(=O)NCc2cccnc2)cc1-c1cncc(O)c1. The lowest BCUT2D eigenvalue weighted by Gasteiger charge is -2.12. The van der Waals surface area contributed by atoms with Crippen molar-refractivity contribution in [1.29, 1.82) is 0 Å². The van der Waals surface area contributed by atoms with Gasteiger partial charge in [0.05, 0.1) is 18.2 Å². The second-order valence-corrected chi connectivity index (χ2v) is 7.25. The fraction of sp³-hybridized carbons (Fsp3) is 0.111. The summed E-state index contributed by atoms with van der Waals surface area (Å²) >= 11 is 0. The fourth-order valence-electron chi connectivity index (χ4n) is 2.42. The summed E-state index contributed by atoms with van der Waals surface area (Å²) in [5, 5.41) is 9.64. The topological polar surface area (TPSA) is 101 Å². The van der Waals surface area contributed by atoms with Crippen molar-refractivity contribution < 1.29 is 18.3 Å². The van der Waals surface area contributed by atoms with E-state index in [1.165, 1.54) is 37.7 Å². The van der Waals surface area contributed by atoms with Crippen molar-refractivity contribution in [2.24, 2.45) is 0 Å². The smallest absolute Gasteiger partial charge is 0.240 e. The van der Waals surface area contributed by atoms with Crippen LogP contribution in [0.25, 0.3) is 11.1 Å². The number of aromatic hydroxyl groups is 1. The Bertz CT molecular complexity index is 1010. The molecule has 0 aliphatic heterocycles. The molecule has 1 aromatic carbocycles. The molecule has 26 heavy (non-hydrogen) atoms. The van der Waals surface area contributed by atoms with Crippen LogP contribution in [-0.2, 0) is 16.6 Å². The molecular formula is C18H17N3O4S. The third-order valence-corrected chi connectivity index (χ3v) is 5.10. The minimum atomic E-state index is -3.74. The van der Waals surface area contributed by atoms with Gasteiger partial charge < -0.3 is 9.84 Å². The maximum atomic E-state index is 12.6. The van der Waals surface area contributed by atoms with Gasteiger partial charge in [0, 0.05) is 36.3 Å². The lowest BCUT2D eigenvalue weighted by atomic mass is 10.1. The molecule has 0 amide bonds. The molecule has 0 aliphatic rings. The highest BCUT2D eigenvalue weighted by molar-refractivity contribution is 7.89. The van der Waals surface area contributed by atoms with Crippen molar-refractivity contribution in [3.63, 3.8) is 0 Å². The van der Waals surface area contributed by atoms with E-state index in [4.69, 9.17) is 4.74 Å². The summed E-state index contributed by atoms with van der Waals surface area (Å²) < 4.78 is 33.1. The Morgan fingerprint density at radius 2 is 1.96 bits per heavy atom. The highest BCUT2D eigenvalue weighted by Gasteiger charge is 2.17. The first-order valence-corrected chi connectivity index (χ1v) is 9.19. The summed E-state index contributed by atoms with van der Waals surface area (Å²) in [6, 6.07) is 9.53. The molecule has 0 spiro atoms. The monoisotopic (exact) mass is 371 g/mol. The zero-order chi connectivity index (χ0) is 18.6. The average Bonchev–Trinajstić information content (AvgIpc) is 2.67. The highest BCUT2D eigenvalue weighted by Crippen LogP contribution is 2.33. The van der Waals surface area contributed by atoms with E-state index in [2.05, 4.69) is 14.7 Å². The lowest BCUT2D eigenvalue weighted by Crippen LogP contribution is -2.23. The van der Waals surface area contributed by atoms with E-state index in [0.717, 1.165) is 5.56 Å². The molecule has 0 fully saturated rings. The Morgan fingerprint density at radius 1 is 1.12 bits per heavy atom. The fourth-order valence-corrected chi connectivity index (χ4v) is 3.46. The molecule has 134 valence electrons. The van der Waals surface area contributed by atoms with Gasteiger partial charge in [0.15, 0.2) is 0 Å². The van der Waals surface area contributed by atoms with Crippen molar-refractivity contribution in [3.8, 4) is 22.6 Å². The van der Waals surface area contributed by atoms with E-state index in [-0.39, 0.29) is 17.2 Å². The number of hydrogen-bond acceptors (Lipinski definition) is 6. The number of benzene rings is 1. The molecule has 0 atom stereocenters. The van der Waals surface area contributed by atoms with Crippen molar-refractivity contribution in [2.75, 3.05) is 7.11 Å². The summed E-state index contributed by atoms with van der Waals surface area (Å²) in [5.74, 6) is 0.455. The third-order valence-electron chi connectivity index (χ3n) is 3.71. The maximum Gasteiger partial charge on any atom is 0.240 e. The standard InChI is InChI=1S/C18H17N3O4S/c1-25-18-5-4-16(8-17(18)14-7-15(22)12-20-11-14)26(23,24)21-10-13-3-2-6-19-9-13/h2-9,11-12,21-22H,10H2,1H3. The van der Waals surface area contributed by atoms with Crippen LogP contribution >= 0.6 is 0 Å². The van der Waals surface area contributed by atoms with Crippen LogP contribution in [0.15, 0.2) is 66.1 Å². The first-order chi connectivity index (χ1) is 12.5. The van der Waals surface area contributed by atoms with Gasteiger partial charge in [0.2, 0.25) is 10.0 Å². The Morgan fingerprint density at radius 3 is 2.65 bits per heavy atom. The summed E-state index contributed by atoms with van der Waals surface area (Å²) in [6.07, 6.45) is 6.04. The predicted octanol–water partition coefficient (Wildman–Crippen LogP) is 2.34. The number of pyridine rings is 2. The molecule has 0 bridgehead atoms. The van der Waals surface area contributed by atoms with Crippen LogP contribution in [0, 0.1) is 0 Å². The number of ether oxygens (including phenoxy) is 1. The molecular weight excluding hydrogens is 354 g/mol. The second-order valence-electron chi connectivity index (χ2n) is 5.48. The van der Waals surface area contributed by atoms with E-state index in [0.29, 0.717) is 16.9 Å². The molecule has 0 saturated carbocycles. The lowest BCUT2D eigenvalue weighted by molar-refractivity contribution is 0.416. The molecule has 0 unspecified atom stereocenters. The van der Waals surface area contributed by atoms with Crippen molar-refractivity contribution in [1.82, 2.24) is 14.7 Å². The molecule has 2 heterocycles. The second kappa shape index (κ2) is 7.51. The van der Waals surface area contributed by atoms with Gasteiger partial charge in [-0.2, -0.15) is 0 Å². The molecule has 8 heteroatoms. The molecule has 0 aliphatic carbocycles. The van der Waals surface area contributed by atoms with Crippen LogP contribution in [0.5, 0.6) is 11.5 Å². The van der Waals surface area contributed by atoms with Crippen molar-refractivity contribution in [3.05, 3.63) is 66.7 Å². The Hall–Kier alpha value is -2.97. The Labute approximate surface area is 151 Å². The number of sulfonamides is 1. The quantitative estimate of drug-likeness (QED) is 0.690. The predicted molar refractivity (Wildman–Crippen MR) is 96.2 cm³/mol. The molecule has 3 rings (SSSR count). The minimum Gasteiger partial charge on any atom is -0.506 e. The van der Waals surface area contributed by atoms with E-state index in [1.807, 2.05) is 0 Å². The number of methoxy groups -OCH3 is 1. The Balaban J connectivity index is 1.93. The van der Waals surface area contributed by atoms with Crippen LogP contribution < -0.4 is 9.46 Å². The highest BCUT2D eigenvalue weighted by atomic mass is 32.2.